The lowest BCUT2D eigenvalue weighted by Gasteiger charge is -2.26. The number of nitrogens with one attached hydrogen (secondary N) is 1. The van der Waals surface area contributed by atoms with Gasteiger partial charge < -0.3 is 10.1 Å². The van der Waals surface area contributed by atoms with E-state index in [0.717, 1.165) is 23.4 Å². The van der Waals surface area contributed by atoms with Crippen molar-refractivity contribution in [3.63, 3.8) is 0 Å². The third kappa shape index (κ3) is 5.33. The monoisotopic (exact) mass is 352 g/mol. The summed E-state index contributed by atoms with van der Waals surface area (Å²) >= 11 is 0. The van der Waals surface area contributed by atoms with Crippen LogP contribution in [0.5, 0.6) is 5.75 Å². The summed E-state index contributed by atoms with van der Waals surface area (Å²) in [6, 6.07) is 16.2. The number of amides is 1. The molecule has 1 N–H and O–H groups in total. The van der Waals surface area contributed by atoms with Crippen molar-refractivity contribution in [2.24, 2.45) is 0 Å². The topological polar surface area (TPSA) is 41.6 Å². The van der Waals surface area contributed by atoms with Gasteiger partial charge in [0.2, 0.25) is 5.91 Å². The van der Waals surface area contributed by atoms with E-state index < -0.39 is 0 Å². The zero-order valence-corrected chi connectivity index (χ0v) is 15.5. The number of methoxy groups -OCH3 is 1. The average Bonchev–Trinajstić information content (AvgIpc) is 2.69. The van der Waals surface area contributed by atoms with Crippen LogP contribution in [0, 0.1) is 0 Å². The lowest BCUT2D eigenvalue weighted by atomic mass is 10.1. The zero-order valence-electron chi connectivity index (χ0n) is 15.5. The minimum atomic E-state index is 0.00638. The summed E-state index contributed by atoms with van der Waals surface area (Å²) in [5.41, 5.74) is 3.38. The van der Waals surface area contributed by atoms with Crippen molar-refractivity contribution in [3.8, 4) is 5.75 Å². The number of likely N-dealkylation sites (tertiary alicyclic amines) is 1. The van der Waals surface area contributed by atoms with Gasteiger partial charge in [0.05, 0.1) is 13.5 Å². The first-order valence-corrected chi connectivity index (χ1v) is 9.43. The number of hydrogen-bond donors (Lipinski definition) is 1. The molecule has 4 nitrogen and oxygen atoms in total. The largest absolute Gasteiger partial charge is 0.496 e. The summed E-state index contributed by atoms with van der Waals surface area (Å²) < 4.78 is 5.30. The molecule has 0 radical (unpaired) electrons. The van der Waals surface area contributed by atoms with Crippen LogP contribution in [0.3, 0.4) is 0 Å². The van der Waals surface area contributed by atoms with Crippen molar-refractivity contribution in [3.05, 3.63) is 65.2 Å². The molecule has 0 atom stereocenters. The van der Waals surface area contributed by atoms with Gasteiger partial charge in [-0.25, -0.2) is 0 Å². The third-order valence-corrected chi connectivity index (χ3v) is 4.91. The number of benzene rings is 2. The van der Waals surface area contributed by atoms with E-state index in [9.17, 15) is 4.79 Å². The fourth-order valence-corrected chi connectivity index (χ4v) is 3.42. The molecule has 2 aromatic rings. The first kappa shape index (κ1) is 18.5. The SMILES string of the molecule is COc1ccccc1CC(=O)NCc1ccc(CN2CCCCC2)cc1. The normalized spacial score (nSPS) is 14.8. The molecular formula is C22H28N2O2. The first-order chi connectivity index (χ1) is 12.7. The van der Waals surface area contributed by atoms with Crippen LogP contribution in [0.4, 0.5) is 0 Å². The van der Waals surface area contributed by atoms with E-state index in [-0.39, 0.29) is 5.91 Å². The van der Waals surface area contributed by atoms with Crippen LogP contribution in [-0.2, 0) is 24.3 Å². The van der Waals surface area contributed by atoms with Crippen LogP contribution in [0.15, 0.2) is 48.5 Å². The van der Waals surface area contributed by atoms with Crippen molar-refractivity contribution in [1.82, 2.24) is 10.2 Å². The fraction of sp³-hybridized carbons (Fsp3) is 0.409. The fourth-order valence-electron chi connectivity index (χ4n) is 3.42. The lowest BCUT2D eigenvalue weighted by molar-refractivity contribution is -0.120. The molecule has 1 fully saturated rings. The molecular weight excluding hydrogens is 324 g/mol. The Morgan fingerprint density at radius 1 is 1.00 bits per heavy atom. The summed E-state index contributed by atoms with van der Waals surface area (Å²) in [5, 5.41) is 2.99. The second-order valence-electron chi connectivity index (χ2n) is 6.92. The van der Waals surface area contributed by atoms with Gasteiger partial charge in [-0.15, -0.1) is 0 Å². The van der Waals surface area contributed by atoms with Gasteiger partial charge in [0.1, 0.15) is 5.75 Å². The second kappa shape index (κ2) is 9.39. The lowest BCUT2D eigenvalue weighted by Crippen LogP contribution is -2.29. The molecule has 138 valence electrons. The minimum Gasteiger partial charge on any atom is -0.496 e. The number of piperidine rings is 1. The molecule has 0 bridgehead atoms. The quantitative estimate of drug-likeness (QED) is 0.829. The van der Waals surface area contributed by atoms with Gasteiger partial charge in [-0.3, -0.25) is 9.69 Å². The molecule has 1 aliphatic heterocycles. The maximum atomic E-state index is 12.2. The van der Waals surface area contributed by atoms with Crippen molar-refractivity contribution in [2.75, 3.05) is 20.2 Å². The number of para-hydroxylation sites is 1. The molecule has 2 aromatic carbocycles. The highest BCUT2D eigenvalue weighted by molar-refractivity contribution is 5.79. The molecule has 0 aromatic heterocycles. The number of hydrogen-bond acceptors (Lipinski definition) is 3. The van der Waals surface area contributed by atoms with Gasteiger partial charge in [-0.1, -0.05) is 48.9 Å². The van der Waals surface area contributed by atoms with Crippen LogP contribution in [0.2, 0.25) is 0 Å². The standard InChI is InChI=1S/C22H28N2O2/c1-26-21-8-4-3-7-20(21)15-22(25)23-16-18-9-11-19(12-10-18)17-24-13-5-2-6-14-24/h3-4,7-12H,2,5-6,13-17H2,1H3,(H,23,25). The van der Waals surface area contributed by atoms with E-state index in [0.29, 0.717) is 13.0 Å². The minimum absolute atomic E-state index is 0.00638. The maximum absolute atomic E-state index is 12.2. The van der Waals surface area contributed by atoms with Gasteiger partial charge in [0, 0.05) is 18.7 Å². The smallest absolute Gasteiger partial charge is 0.224 e. The zero-order chi connectivity index (χ0) is 18.2. The Bertz CT molecular complexity index is 706. The van der Waals surface area contributed by atoms with E-state index in [1.807, 2.05) is 24.3 Å². The summed E-state index contributed by atoms with van der Waals surface area (Å²) in [7, 11) is 1.63. The molecule has 0 spiro atoms. The molecule has 0 saturated carbocycles. The summed E-state index contributed by atoms with van der Waals surface area (Å²) in [6.07, 6.45) is 4.33. The van der Waals surface area contributed by atoms with Crippen molar-refractivity contribution < 1.29 is 9.53 Å². The summed E-state index contributed by atoms with van der Waals surface area (Å²) in [4.78, 5) is 14.7. The van der Waals surface area contributed by atoms with E-state index >= 15 is 0 Å². The predicted octanol–water partition coefficient (Wildman–Crippen LogP) is 3.54. The van der Waals surface area contributed by atoms with Crippen LogP contribution >= 0.6 is 0 Å². The molecule has 1 saturated heterocycles. The van der Waals surface area contributed by atoms with E-state index in [2.05, 4.69) is 34.5 Å². The summed E-state index contributed by atoms with van der Waals surface area (Å²) in [6.45, 7) is 4.00. The highest BCUT2D eigenvalue weighted by Gasteiger charge is 2.11. The Labute approximate surface area is 156 Å². The Balaban J connectivity index is 1.47. The van der Waals surface area contributed by atoms with Gasteiger partial charge >= 0.3 is 0 Å². The molecule has 3 rings (SSSR count). The number of carbonyl (C=O) groups excluding carboxylic acids is 1. The molecule has 1 heterocycles. The molecule has 0 unspecified atom stereocenters. The second-order valence-corrected chi connectivity index (χ2v) is 6.92. The van der Waals surface area contributed by atoms with Crippen molar-refractivity contribution in [1.29, 1.82) is 0 Å². The first-order valence-electron chi connectivity index (χ1n) is 9.43. The van der Waals surface area contributed by atoms with Crippen LogP contribution in [-0.4, -0.2) is 31.0 Å². The van der Waals surface area contributed by atoms with Crippen LogP contribution in [0.25, 0.3) is 0 Å². The van der Waals surface area contributed by atoms with Gasteiger partial charge in [-0.2, -0.15) is 0 Å². The number of rotatable bonds is 7. The third-order valence-electron chi connectivity index (χ3n) is 4.91. The van der Waals surface area contributed by atoms with E-state index in [1.54, 1.807) is 7.11 Å². The summed E-state index contributed by atoms with van der Waals surface area (Å²) in [5.74, 6) is 0.761. The van der Waals surface area contributed by atoms with Gasteiger partial charge in [0.25, 0.3) is 0 Å². The Morgan fingerprint density at radius 3 is 2.42 bits per heavy atom. The highest BCUT2D eigenvalue weighted by atomic mass is 16.5. The maximum Gasteiger partial charge on any atom is 0.224 e. The molecule has 1 aliphatic rings. The number of nitrogens with zero attached hydrogens (tertiary/aromatic N) is 1. The van der Waals surface area contributed by atoms with Crippen LogP contribution < -0.4 is 10.1 Å². The van der Waals surface area contributed by atoms with Crippen LogP contribution in [0.1, 0.15) is 36.0 Å². The van der Waals surface area contributed by atoms with Crippen molar-refractivity contribution in [2.45, 2.75) is 38.8 Å². The van der Waals surface area contributed by atoms with Gasteiger partial charge in [0.15, 0.2) is 0 Å². The number of carbonyl (C=O) groups is 1. The van der Waals surface area contributed by atoms with Gasteiger partial charge in [-0.05, 0) is 43.1 Å². The molecule has 4 heteroatoms. The Kier molecular flexibility index (Phi) is 6.67. The predicted molar refractivity (Wildman–Crippen MR) is 104 cm³/mol. The molecule has 26 heavy (non-hydrogen) atoms. The van der Waals surface area contributed by atoms with E-state index in [4.69, 9.17) is 4.74 Å². The van der Waals surface area contributed by atoms with E-state index in [1.165, 1.54) is 37.9 Å². The Hall–Kier alpha value is -2.33. The molecule has 0 aliphatic carbocycles. The number of ether oxygens (including phenoxy) is 1. The Morgan fingerprint density at radius 2 is 1.69 bits per heavy atom. The highest BCUT2D eigenvalue weighted by Crippen LogP contribution is 2.18. The van der Waals surface area contributed by atoms with Crippen molar-refractivity contribution >= 4 is 5.91 Å². The molecule has 1 amide bonds. The average molecular weight is 352 g/mol.